The van der Waals surface area contributed by atoms with Gasteiger partial charge in [0.2, 0.25) is 0 Å². The lowest BCUT2D eigenvalue weighted by atomic mass is 9.90. The number of carbonyl (C=O) groups excluding carboxylic acids is 1. The molecular weight excluding hydrogens is 400 g/mol. The highest BCUT2D eigenvalue weighted by molar-refractivity contribution is 6.31. The molecule has 0 unspecified atom stereocenters. The molecule has 1 aliphatic rings. The van der Waals surface area contributed by atoms with E-state index in [1.54, 1.807) is 30.6 Å². The standard InChI is InChI=1S/C22H25ClN6O/c1-15-5-8-21(24-13-15)25-14-20-16(2)4-3-11-28(20)22(30)18-7-6-17(23)12-19(18)29-26-9-10-27-29/h5-10,12-13,16,20H,3-4,11,14H2,1-2H3,(H,24,25)/t16-,20-/m1/s1. The third-order valence-electron chi connectivity index (χ3n) is 5.60. The fourth-order valence-electron chi connectivity index (χ4n) is 3.94. The number of aromatic nitrogens is 4. The third kappa shape index (κ3) is 4.31. The van der Waals surface area contributed by atoms with Gasteiger partial charge in [-0.05, 0) is 55.5 Å². The molecule has 156 valence electrons. The fourth-order valence-corrected chi connectivity index (χ4v) is 4.11. The van der Waals surface area contributed by atoms with Gasteiger partial charge in [-0.3, -0.25) is 4.79 Å². The summed E-state index contributed by atoms with van der Waals surface area (Å²) in [6.45, 7) is 5.57. The van der Waals surface area contributed by atoms with Crippen molar-refractivity contribution in [2.45, 2.75) is 32.7 Å². The van der Waals surface area contributed by atoms with Crippen LogP contribution in [0.3, 0.4) is 0 Å². The molecule has 3 aromatic rings. The van der Waals surface area contributed by atoms with Crippen LogP contribution >= 0.6 is 11.6 Å². The van der Waals surface area contributed by atoms with Crippen molar-refractivity contribution in [2.75, 3.05) is 18.4 Å². The van der Waals surface area contributed by atoms with Crippen molar-refractivity contribution in [3.63, 3.8) is 0 Å². The van der Waals surface area contributed by atoms with Crippen LogP contribution in [0.25, 0.3) is 5.69 Å². The molecule has 0 radical (unpaired) electrons. The zero-order chi connectivity index (χ0) is 21.1. The Hall–Kier alpha value is -2.93. The molecule has 2 aromatic heterocycles. The minimum Gasteiger partial charge on any atom is -0.368 e. The molecule has 1 N–H and O–H groups in total. The maximum Gasteiger partial charge on any atom is 0.256 e. The number of hydrogen-bond acceptors (Lipinski definition) is 5. The average molecular weight is 425 g/mol. The molecule has 4 rings (SSSR count). The number of likely N-dealkylation sites (tertiary alicyclic amines) is 1. The lowest BCUT2D eigenvalue weighted by Gasteiger charge is -2.40. The molecule has 2 atom stereocenters. The van der Waals surface area contributed by atoms with Gasteiger partial charge in [-0.1, -0.05) is 24.6 Å². The summed E-state index contributed by atoms with van der Waals surface area (Å²) < 4.78 is 0. The second-order valence-corrected chi connectivity index (χ2v) is 8.20. The van der Waals surface area contributed by atoms with Crippen LogP contribution in [0, 0.1) is 12.8 Å². The van der Waals surface area contributed by atoms with Gasteiger partial charge in [0, 0.05) is 24.3 Å². The summed E-state index contributed by atoms with van der Waals surface area (Å²) in [4.78, 5) is 21.4. The van der Waals surface area contributed by atoms with Crippen LogP contribution < -0.4 is 5.32 Å². The van der Waals surface area contributed by atoms with E-state index in [2.05, 4.69) is 27.4 Å². The monoisotopic (exact) mass is 424 g/mol. The Bertz CT molecular complexity index is 1000. The Morgan fingerprint density at radius 1 is 1.23 bits per heavy atom. The van der Waals surface area contributed by atoms with Gasteiger partial charge in [0.15, 0.2) is 0 Å². The van der Waals surface area contributed by atoms with Gasteiger partial charge >= 0.3 is 0 Å². The van der Waals surface area contributed by atoms with Crippen LogP contribution in [0.15, 0.2) is 48.9 Å². The minimum atomic E-state index is -0.0332. The Labute approximate surface area is 181 Å². The number of nitrogens with one attached hydrogen (secondary N) is 1. The number of carbonyl (C=O) groups is 1. The van der Waals surface area contributed by atoms with Crippen LogP contribution in [-0.4, -0.2) is 49.9 Å². The maximum absolute atomic E-state index is 13.6. The first-order chi connectivity index (χ1) is 14.5. The molecule has 3 heterocycles. The number of pyridine rings is 1. The van der Waals surface area contributed by atoms with Crippen molar-refractivity contribution in [1.29, 1.82) is 0 Å². The lowest BCUT2D eigenvalue weighted by molar-refractivity contribution is 0.0539. The summed E-state index contributed by atoms with van der Waals surface area (Å²) in [5, 5.41) is 12.3. The summed E-state index contributed by atoms with van der Waals surface area (Å²) in [6, 6.07) is 9.28. The van der Waals surface area contributed by atoms with Crippen LogP contribution in [0.4, 0.5) is 5.82 Å². The molecule has 8 heteroatoms. The number of amides is 1. The number of aryl methyl sites for hydroxylation is 1. The number of anilines is 1. The lowest BCUT2D eigenvalue weighted by Crippen LogP contribution is -2.51. The van der Waals surface area contributed by atoms with Gasteiger partial charge in [0.05, 0.1) is 29.7 Å². The van der Waals surface area contributed by atoms with Crippen molar-refractivity contribution < 1.29 is 4.79 Å². The Morgan fingerprint density at radius 3 is 2.77 bits per heavy atom. The molecule has 7 nitrogen and oxygen atoms in total. The van der Waals surface area contributed by atoms with E-state index in [4.69, 9.17) is 11.6 Å². The molecule has 1 amide bonds. The number of benzene rings is 1. The van der Waals surface area contributed by atoms with Gasteiger partial charge in [0.1, 0.15) is 5.82 Å². The van der Waals surface area contributed by atoms with Crippen LogP contribution in [0.1, 0.15) is 35.7 Å². The molecule has 30 heavy (non-hydrogen) atoms. The molecule has 0 bridgehead atoms. The van der Waals surface area contributed by atoms with E-state index in [1.807, 2.05) is 30.2 Å². The normalized spacial score (nSPS) is 19.0. The number of piperidine rings is 1. The van der Waals surface area contributed by atoms with Crippen LogP contribution in [0.2, 0.25) is 5.02 Å². The topological polar surface area (TPSA) is 75.9 Å². The smallest absolute Gasteiger partial charge is 0.256 e. The van der Waals surface area contributed by atoms with Crippen LogP contribution in [-0.2, 0) is 0 Å². The van der Waals surface area contributed by atoms with Gasteiger partial charge in [-0.25, -0.2) is 4.98 Å². The summed E-state index contributed by atoms with van der Waals surface area (Å²) in [7, 11) is 0. The third-order valence-corrected chi connectivity index (χ3v) is 5.84. The zero-order valence-electron chi connectivity index (χ0n) is 17.1. The highest BCUT2D eigenvalue weighted by atomic mass is 35.5. The first-order valence-corrected chi connectivity index (χ1v) is 10.5. The van der Waals surface area contributed by atoms with Gasteiger partial charge < -0.3 is 10.2 Å². The van der Waals surface area contributed by atoms with Crippen molar-refractivity contribution in [2.24, 2.45) is 5.92 Å². The molecule has 0 aliphatic carbocycles. The summed E-state index contributed by atoms with van der Waals surface area (Å²) in [5.41, 5.74) is 2.25. The largest absolute Gasteiger partial charge is 0.368 e. The number of nitrogens with zero attached hydrogens (tertiary/aromatic N) is 5. The highest BCUT2D eigenvalue weighted by Gasteiger charge is 2.33. The van der Waals surface area contributed by atoms with E-state index >= 15 is 0 Å². The number of hydrogen-bond donors (Lipinski definition) is 1. The first-order valence-electron chi connectivity index (χ1n) is 10.2. The quantitative estimate of drug-likeness (QED) is 0.670. The summed E-state index contributed by atoms with van der Waals surface area (Å²) in [6.07, 6.45) is 7.08. The van der Waals surface area contributed by atoms with E-state index in [0.717, 1.165) is 24.2 Å². The Kier molecular flexibility index (Phi) is 5.99. The van der Waals surface area contributed by atoms with Crippen molar-refractivity contribution >= 4 is 23.3 Å². The maximum atomic E-state index is 13.6. The molecule has 0 saturated carbocycles. The molecule has 1 aliphatic heterocycles. The molecular formula is C22H25ClN6O. The predicted octanol–water partition coefficient (Wildman–Crippen LogP) is 3.98. The molecule has 0 spiro atoms. The zero-order valence-corrected chi connectivity index (χ0v) is 17.9. The van der Waals surface area contributed by atoms with E-state index in [9.17, 15) is 4.79 Å². The van der Waals surface area contributed by atoms with E-state index < -0.39 is 0 Å². The Balaban J connectivity index is 1.59. The van der Waals surface area contributed by atoms with Gasteiger partial charge in [-0.2, -0.15) is 15.0 Å². The SMILES string of the molecule is Cc1ccc(NC[C@@H]2[C@H](C)CCCN2C(=O)c2ccc(Cl)cc2-n2nccn2)nc1. The van der Waals surface area contributed by atoms with Crippen molar-refractivity contribution in [1.82, 2.24) is 24.9 Å². The second-order valence-electron chi connectivity index (χ2n) is 7.77. The summed E-state index contributed by atoms with van der Waals surface area (Å²) in [5.74, 6) is 1.16. The fraction of sp³-hybridized carbons (Fsp3) is 0.364. The van der Waals surface area contributed by atoms with E-state index in [0.29, 0.717) is 35.3 Å². The second kappa shape index (κ2) is 8.83. The van der Waals surface area contributed by atoms with E-state index in [1.165, 1.54) is 4.80 Å². The molecule has 1 aromatic carbocycles. The van der Waals surface area contributed by atoms with Crippen molar-refractivity contribution in [3.05, 3.63) is 65.1 Å². The molecule has 1 saturated heterocycles. The highest BCUT2D eigenvalue weighted by Crippen LogP contribution is 2.28. The van der Waals surface area contributed by atoms with Gasteiger partial charge in [0.25, 0.3) is 5.91 Å². The summed E-state index contributed by atoms with van der Waals surface area (Å²) >= 11 is 6.19. The van der Waals surface area contributed by atoms with Crippen molar-refractivity contribution in [3.8, 4) is 5.69 Å². The minimum absolute atomic E-state index is 0.0332. The molecule has 1 fully saturated rings. The average Bonchev–Trinajstić information content (AvgIpc) is 3.28. The predicted molar refractivity (Wildman–Crippen MR) is 117 cm³/mol. The van der Waals surface area contributed by atoms with E-state index in [-0.39, 0.29) is 11.9 Å². The number of rotatable bonds is 5. The van der Waals surface area contributed by atoms with Crippen LogP contribution in [0.5, 0.6) is 0 Å². The van der Waals surface area contributed by atoms with Gasteiger partial charge in [-0.15, -0.1) is 0 Å². The number of halogens is 1. The first kappa shape index (κ1) is 20.3. The Morgan fingerprint density at radius 2 is 2.03 bits per heavy atom.